The Morgan fingerprint density at radius 1 is 1.17 bits per heavy atom. The van der Waals surface area contributed by atoms with E-state index in [-0.39, 0.29) is 16.6 Å². The first-order valence-electron chi connectivity index (χ1n) is 5.94. The number of hydrogen-bond donors (Lipinski definition) is 2. The van der Waals surface area contributed by atoms with Crippen molar-refractivity contribution in [2.75, 3.05) is 11.9 Å². The van der Waals surface area contributed by atoms with E-state index in [0.717, 1.165) is 11.3 Å². The van der Waals surface area contributed by atoms with E-state index in [0.29, 0.717) is 0 Å². The van der Waals surface area contributed by atoms with Gasteiger partial charge in [0.2, 0.25) is 11.6 Å². The Bertz CT molecular complexity index is 753. The molecule has 2 rings (SSSR count). The minimum absolute atomic E-state index is 0.0163. The Morgan fingerprint density at radius 2 is 1.78 bits per heavy atom. The summed E-state index contributed by atoms with van der Waals surface area (Å²) < 4.78 is 57.1. The molecule has 0 aliphatic heterocycles. The highest BCUT2D eigenvalue weighted by Gasteiger charge is 2.21. The maximum Gasteiger partial charge on any atom is 0.262 e. The Kier molecular flexibility index (Phi) is 4.84. The summed E-state index contributed by atoms with van der Waals surface area (Å²) in [6.45, 7) is -0.938. The quantitative estimate of drug-likeness (QED) is 0.643. The maximum atomic E-state index is 13.3. The van der Waals surface area contributed by atoms with Gasteiger partial charge in [0.05, 0.1) is 5.56 Å². The van der Waals surface area contributed by atoms with Crippen molar-refractivity contribution in [2.45, 2.75) is 0 Å². The first-order chi connectivity index (χ1) is 10.8. The van der Waals surface area contributed by atoms with Gasteiger partial charge in [0.15, 0.2) is 24.0 Å². The average molecular weight is 348 g/mol. The van der Waals surface area contributed by atoms with Gasteiger partial charge in [-0.1, -0.05) is 0 Å². The fraction of sp³-hybridized carbons (Fsp3) is 0.0769. The number of anilines is 1. The predicted octanol–water partition coefficient (Wildman–Crippen LogP) is 2.42. The van der Waals surface area contributed by atoms with Crippen LogP contribution < -0.4 is 15.8 Å². The van der Waals surface area contributed by atoms with Gasteiger partial charge in [-0.05, 0) is 11.4 Å². The number of primary amides is 1. The van der Waals surface area contributed by atoms with Gasteiger partial charge in [-0.25, -0.2) is 8.78 Å². The van der Waals surface area contributed by atoms with Gasteiger partial charge >= 0.3 is 0 Å². The summed E-state index contributed by atoms with van der Waals surface area (Å²) in [5.41, 5.74) is 5.11. The third kappa shape index (κ3) is 3.59. The average Bonchev–Trinajstić information content (AvgIpc) is 2.93. The number of benzene rings is 1. The topological polar surface area (TPSA) is 81.4 Å². The summed E-state index contributed by atoms with van der Waals surface area (Å²) in [4.78, 5) is 22.7. The van der Waals surface area contributed by atoms with Crippen LogP contribution in [0, 0.1) is 23.3 Å². The molecule has 3 N–H and O–H groups in total. The van der Waals surface area contributed by atoms with Gasteiger partial charge in [0, 0.05) is 6.07 Å². The second kappa shape index (κ2) is 6.65. The van der Waals surface area contributed by atoms with Crippen molar-refractivity contribution in [3.63, 3.8) is 0 Å². The highest BCUT2D eigenvalue weighted by Crippen LogP contribution is 2.27. The van der Waals surface area contributed by atoms with Gasteiger partial charge in [0.25, 0.3) is 11.8 Å². The highest BCUT2D eigenvalue weighted by atomic mass is 32.1. The SMILES string of the molecule is NC(=O)c1ccsc1NC(=O)COc1c(F)c(F)cc(F)c1F. The number of nitrogens with one attached hydrogen (secondary N) is 1. The fourth-order valence-electron chi connectivity index (χ4n) is 1.58. The summed E-state index contributed by atoms with van der Waals surface area (Å²) in [6.07, 6.45) is 0. The minimum Gasteiger partial charge on any atom is -0.477 e. The highest BCUT2D eigenvalue weighted by molar-refractivity contribution is 7.14. The largest absolute Gasteiger partial charge is 0.477 e. The van der Waals surface area contributed by atoms with Crippen molar-refractivity contribution in [3.8, 4) is 5.75 Å². The van der Waals surface area contributed by atoms with E-state index < -0.39 is 47.4 Å². The van der Waals surface area contributed by atoms with E-state index in [4.69, 9.17) is 5.73 Å². The standard InChI is InChI=1S/C13H8F4N2O3S/c14-6-3-7(15)10(17)11(9(6)16)22-4-8(20)19-13-5(12(18)21)1-2-23-13/h1-3H,4H2,(H2,18,21)(H,19,20). The van der Waals surface area contributed by atoms with Crippen LogP contribution in [0.1, 0.15) is 10.4 Å². The first-order valence-corrected chi connectivity index (χ1v) is 6.82. The molecule has 0 radical (unpaired) electrons. The Balaban J connectivity index is 2.08. The fourth-order valence-corrected chi connectivity index (χ4v) is 2.39. The summed E-state index contributed by atoms with van der Waals surface area (Å²) in [5, 5.41) is 3.82. The molecule has 0 saturated carbocycles. The van der Waals surface area contributed by atoms with Crippen molar-refractivity contribution in [2.24, 2.45) is 5.73 Å². The van der Waals surface area contributed by atoms with Crippen molar-refractivity contribution in [1.29, 1.82) is 0 Å². The van der Waals surface area contributed by atoms with E-state index in [2.05, 4.69) is 10.1 Å². The summed E-state index contributed by atoms with van der Waals surface area (Å²) >= 11 is 0.983. The molecule has 122 valence electrons. The van der Waals surface area contributed by atoms with Gasteiger partial charge in [0.1, 0.15) is 5.00 Å². The second-order valence-corrected chi connectivity index (χ2v) is 5.08. The van der Waals surface area contributed by atoms with Crippen LogP contribution in [0.25, 0.3) is 0 Å². The minimum atomic E-state index is -1.76. The first kappa shape index (κ1) is 16.7. The number of halogens is 4. The van der Waals surface area contributed by atoms with Crippen LogP contribution in [0.4, 0.5) is 22.6 Å². The van der Waals surface area contributed by atoms with E-state index >= 15 is 0 Å². The number of ether oxygens (including phenoxy) is 1. The predicted molar refractivity (Wildman–Crippen MR) is 73.2 cm³/mol. The molecule has 1 aromatic heterocycles. The van der Waals surface area contributed by atoms with Crippen LogP contribution in [0.15, 0.2) is 17.5 Å². The lowest BCUT2D eigenvalue weighted by Gasteiger charge is -2.09. The van der Waals surface area contributed by atoms with Crippen molar-refractivity contribution < 1.29 is 31.9 Å². The molecule has 0 saturated heterocycles. The number of hydrogen-bond acceptors (Lipinski definition) is 4. The summed E-state index contributed by atoms with van der Waals surface area (Å²) in [7, 11) is 0. The molecule has 10 heteroatoms. The molecule has 0 atom stereocenters. The zero-order valence-electron chi connectivity index (χ0n) is 11.2. The van der Waals surface area contributed by atoms with Crippen LogP contribution in [0.3, 0.4) is 0 Å². The zero-order chi connectivity index (χ0) is 17.1. The normalized spacial score (nSPS) is 10.4. The zero-order valence-corrected chi connectivity index (χ0v) is 12.0. The molecule has 2 aromatic rings. The molecular weight excluding hydrogens is 340 g/mol. The molecule has 1 aromatic carbocycles. The monoisotopic (exact) mass is 348 g/mol. The molecule has 23 heavy (non-hydrogen) atoms. The molecular formula is C13H8F4N2O3S. The molecule has 2 amide bonds. The van der Waals surface area contributed by atoms with Gasteiger partial charge < -0.3 is 15.8 Å². The third-order valence-electron chi connectivity index (χ3n) is 2.60. The molecule has 0 aliphatic rings. The lowest BCUT2D eigenvalue weighted by molar-refractivity contribution is -0.118. The number of carbonyl (C=O) groups excluding carboxylic acids is 2. The number of rotatable bonds is 5. The molecule has 0 bridgehead atoms. The van der Waals surface area contributed by atoms with E-state index in [1.807, 2.05) is 0 Å². The summed E-state index contributed by atoms with van der Waals surface area (Å²) in [6, 6.07) is 1.38. The molecule has 0 fully saturated rings. The number of carbonyl (C=O) groups is 2. The third-order valence-corrected chi connectivity index (χ3v) is 3.43. The van der Waals surface area contributed by atoms with Crippen molar-refractivity contribution >= 4 is 28.2 Å². The number of nitrogens with two attached hydrogens (primary N) is 1. The van der Waals surface area contributed by atoms with Gasteiger partial charge in [-0.2, -0.15) is 8.78 Å². The summed E-state index contributed by atoms with van der Waals surface area (Å²) in [5.74, 6) is -9.87. The Labute approximate surface area is 130 Å². The maximum absolute atomic E-state index is 13.3. The Hall–Kier alpha value is -2.62. The molecule has 1 heterocycles. The van der Waals surface area contributed by atoms with Crippen molar-refractivity contribution in [3.05, 3.63) is 46.3 Å². The Morgan fingerprint density at radius 3 is 2.35 bits per heavy atom. The second-order valence-electron chi connectivity index (χ2n) is 4.16. The van der Waals surface area contributed by atoms with E-state index in [9.17, 15) is 27.2 Å². The van der Waals surface area contributed by atoms with E-state index in [1.165, 1.54) is 11.4 Å². The molecule has 0 unspecified atom stereocenters. The lowest BCUT2D eigenvalue weighted by Crippen LogP contribution is -2.22. The van der Waals surface area contributed by atoms with Crippen LogP contribution in [-0.2, 0) is 4.79 Å². The van der Waals surface area contributed by atoms with E-state index in [1.54, 1.807) is 0 Å². The lowest BCUT2D eigenvalue weighted by atomic mass is 10.3. The molecule has 5 nitrogen and oxygen atoms in total. The number of amides is 2. The molecule has 0 aliphatic carbocycles. The van der Waals surface area contributed by atoms with Gasteiger partial charge in [-0.15, -0.1) is 11.3 Å². The van der Waals surface area contributed by atoms with Crippen LogP contribution in [0.2, 0.25) is 0 Å². The number of thiophene rings is 1. The van der Waals surface area contributed by atoms with Crippen molar-refractivity contribution in [1.82, 2.24) is 0 Å². The smallest absolute Gasteiger partial charge is 0.262 e. The van der Waals surface area contributed by atoms with Crippen LogP contribution in [0.5, 0.6) is 5.75 Å². The van der Waals surface area contributed by atoms with Crippen LogP contribution >= 0.6 is 11.3 Å². The van der Waals surface area contributed by atoms with Crippen LogP contribution in [-0.4, -0.2) is 18.4 Å². The van der Waals surface area contributed by atoms with Gasteiger partial charge in [-0.3, -0.25) is 9.59 Å². The molecule has 0 spiro atoms.